The maximum Gasteiger partial charge on any atom is 0.258 e. The van der Waals surface area contributed by atoms with Crippen LogP contribution < -0.4 is 10.5 Å². The Balaban J connectivity index is 1.45. The van der Waals surface area contributed by atoms with Crippen LogP contribution in [0.4, 0.5) is 14.5 Å². The van der Waals surface area contributed by atoms with Gasteiger partial charge in [0, 0.05) is 24.8 Å². The van der Waals surface area contributed by atoms with Crippen LogP contribution in [0.15, 0.2) is 47.3 Å². The summed E-state index contributed by atoms with van der Waals surface area (Å²) in [5.41, 5.74) is 3.01. The molecule has 7 heteroatoms. The first kappa shape index (κ1) is 21.5. The minimum atomic E-state index is -0.810. The Morgan fingerprint density at radius 3 is 2.42 bits per heavy atom. The van der Waals surface area contributed by atoms with Gasteiger partial charge in [-0.1, -0.05) is 17.7 Å². The van der Waals surface area contributed by atoms with E-state index in [1.807, 2.05) is 12.1 Å². The lowest BCUT2D eigenvalue weighted by Crippen LogP contribution is -2.34. The number of aromatic nitrogens is 2. The third-order valence-corrected chi connectivity index (χ3v) is 6.17. The lowest BCUT2D eigenvalue weighted by Gasteiger charge is -2.34. The average molecular weight is 444 g/mol. The molecule has 0 aliphatic carbocycles. The van der Waals surface area contributed by atoms with Gasteiger partial charge in [-0.3, -0.25) is 9.36 Å². The van der Waals surface area contributed by atoms with Crippen LogP contribution in [0.2, 0.25) is 5.02 Å². The molecular weight excluding hydrogens is 420 g/mol. The zero-order valence-electron chi connectivity index (χ0n) is 17.5. The van der Waals surface area contributed by atoms with Crippen molar-refractivity contribution in [2.24, 2.45) is 5.92 Å². The number of hydrogen-bond donors (Lipinski definition) is 0. The number of piperidine rings is 1. The number of rotatable bonds is 4. The molecule has 31 heavy (non-hydrogen) atoms. The summed E-state index contributed by atoms with van der Waals surface area (Å²) in [5.74, 6) is -0.568. The average Bonchev–Trinajstić information content (AvgIpc) is 2.71. The number of aryl methyl sites for hydroxylation is 2. The topological polar surface area (TPSA) is 38.1 Å². The van der Waals surface area contributed by atoms with Crippen molar-refractivity contribution < 1.29 is 8.78 Å². The van der Waals surface area contributed by atoms with Gasteiger partial charge in [-0.15, -0.1) is 0 Å². The minimum absolute atomic E-state index is 0.133. The first-order chi connectivity index (χ1) is 14.8. The van der Waals surface area contributed by atoms with Gasteiger partial charge in [0.2, 0.25) is 0 Å². The highest BCUT2D eigenvalue weighted by Gasteiger charge is 2.22. The Morgan fingerprint density at radius 1 is 1.03 bits per heavy atom. The van der Waals surface area contributed by atoms with Crippen LogP contribution in [-0.4, -0.2) is 22.6 Å². The molecule has 0 N–H and O–H groups in total. The van der Waals surface area contributed by atoms with Crippen molar-refractivity contribution in [1.82, 2.24) is 9.55 Å². The van der Waals surface area contributed by atoms with Crippen LogP contribution in [0.5, 0.6) is 0 Å². The largest absolute Gasteiger partial charge is 0.370 e. The summed E-state index contributed by atoms with van der Waals surface area (Å²) in [6, 6.07) is 11.3. The molecule has 0 spiro atoms. The first-order valence-corrected chi connectivity index (χ1v) is 10.8. The second kappa shape index (κ2) is 8.79. The number of benzene rings is 2. The van der Waals surface area contributed by atoms with Gasteiger partial charge in [-0.05, 0) is 74.9 Å². The summed E-state index contributed by atoms with van der Waals surface area (Å²) in [6.07, 6.45) is 2.62. The number of hydrogen-bond acceptors (Lipinski definition) is 3. The van der Waals surface area contributed by atoms with E-state index in [0.717, 1.165) is 43.6 Å². The lowest BCUT2D eigenvalue weighted by molar-refractivity contribution is 0.402. The van der Waals surface area contributed by atoms with Gasteiger partial charge in [-0.2, -0.15) is 0 Å². The summed E-state index contributed by atoms with van der Waals surface area (Å²) >= 11 is 6.59. The number of halogens is 3. The Bertz CT molecular complexity index is 1170. The third kappa shape index (κ3) is 4.64. The molecule has 3 aromatic rings. The van der Waals surface area contributed by atoms with Gasteiger partial charge >= 0.3 is 0 Å². The van der Waals surface area contributed by atoms with E-state index < -0.39 is 11.6 Å². The van der Waals surface area contributed by atoms with Crippen LogP contribution in [0.1, 0.15) is 29.9 Å². The van der Waals surface area contributed by atoms with Crippen molar-refractivity contribution in [2.45, 2.75) is 33.1 Å². The van der Waals surface area contributed by atoms with Crippen LogP contribution in [0.25, 0.3) is 5.69 Å². The number of anilines is 1. The molecule has 1 aromatic heterocycles. The van der Waals surface area contributed by atoms with E-state index in [1.165, 1.54) is 18.2 Å². The molecule has 0 radical (unpaired) electrons. The van der Waals surface area contributed by atoms with Crippen LogP contribution in [0.3, 0.4) is 0 Å². The SMILES string of the molecule is Cc1cc(=O)n(-c2ccc(N3CCC(Cc4ccc(F)c(F)c4)CC3)c(Cl)c2)c(C)n1. The normalized spacial score (nSPS) is 14.8. The molecule has 0 atom stereocenters. The van der Waals surface area contributed by atoms with E-state index in [0.29, 0.717) is 28.1 Å². The lowest BCUT2D eigenvalue weighted by atomic mass is 9.90. The van der Waals surface area contributed by atoms with E-state index in [1.54, 1.807) is 30.5 Å². The van der Waals surface area contributed by atoms with E-state index >= 15 is 0 Å². The summed E-state index contributed by atoms with van der Waals surface area (Å²) in [6.45, 7) is 5.26. The minimum Gasteiger partial charge on any atom is -0.370 e. The number of nitrogens with zero attached hydrogens (tertiary/aromatic N) is 3. The van der Waals surface area contributed by atoms with Gasteiger partial charge in [0.25, 0.3) is 5.56 Å². The van der Waals surface area contributed by atoms with E-state index in [9.17, 15) is 13.6 Å². The maximum atomic E-state index is 13.5. The molecule has 2 heterocycles. The van der Waals surface area contributed by atoms with Gasteiger partial charge in [-0.25, -0.2) is 13.8 Å². The Labute approximate surface area is 185 Å². The monoisotopic (exact) mass is 443 g/mol. The van der Waals surface area contributed by atoms with Crippen molar-refractivity contribution >= 4 is 17.3 Å². The van der Waals surface area contributed by atoms with E-state index in [2.05, 4.69) is 9.88 Å². The third-order valence-electron chi connectivity index (χ3n) is 5.87. The van der Waals surface area contributed by atoms with Crippen LogP contribution in [-0.2, 0) is 6.42 Å². The van der Waals surface area contributed by atoms with Crippen LogP contribution in [0, 0.1) is 31.4 Å². The second-order valence-corrected chi connectivity index (χ2v) is 8.54. The molecule has 1 fully saturated rings. The van der Waals surface area contributed by atoms with Crippen molar-refractivity contribution in [1.29, 1.82) is 0 Å². The molecule has 2 aromatic carbocycles. The summed E-state index contributed by atoms with van der Waals surface area (Å²) in [7, 11) is 0. The van der Waals surface area contributed by atoms with Gasteiger partial charge in [0.05, 0.1) is 16.4 Å². The fourth-order valence-corrected chi connectivity index (χ4v) is 4.62. The second-order valence-electron chi connectivity index (χ2n) is 8.14. The molecule has 1 saturated heterocycles. The molecule has 162 valence electrons. The fourth-order valence-electron chi connectivity index (χ4n) is 4.32. The Morgan fingerprint density at radius 2 is 1.77 bits per heavy atom. The Hall–Kier alpha value is -2.73. The standard InChI is InChI=1S/C24H24ClF2N3O/c1-15-11-24(31)30(16(2)28-15)19-4-6-23(20(25)14-19)29-9-7-17(8-10-29)12-18-3-5-21(26)22(27)13-18/h3-6,11,13-14,17H,7-10,12H2,1-2H3. The van der Waals surface area contributed by atoms with E-state index in [4.69, 9.17) is 11.6 Å². The molecule has 0 saturated carbocycles. The van der Waals surface area contributed by atoms with Crippen molar-refractivity contribution in [3.05, 3.63) is 86.6 Å². The molecule has 4 rings (SSSR count). The fraction of sp³-hybridized carbons (Fsp3) is 0.333. The van der Waals surface area contributed by atoms with Gasteiger partial charge in [0.1, 0.15) is 5.82 Å². The molecule has 1 aliphatic heterocycles. The zero-order valence-corrected chi connectivity index (χ0v) is 18.3. The predicted octanol–water partition coefficient (Wildman–Crippen LogP) is 5.24. The summed E-state index contributed by atoms with van der Waals surface area (Å²) in [4.78, 5) is 19.0. The summed E-state index contributed by atoms with van der Waals surface area (Å²) in [5, 5.41) is 0.587. The summed E-state index contributed by atoms with van der Waals surface area (Å²) < 4.78 is 28.2. The van der Waals surface area contributed by atoms with Crippen molar-refractivity contribution in [3.63, 3.8) is 0 Å². The molecule has 4 nitrogen and oxygen atoms in total. The van der Waals surface area contributed by atoms with Crippen LogP contribution >= 0.6 is 11.6 Å². The van der Waals surface area contributed by atoms with Gasteiger partial charge < -0.3 is 4.90 Å². The highest BCUT2D eigenvalue weighted by atomic mass is 35.5. The van der Waals surface area contributed by atoms with Gasteiger partial charge in [0.15, 0.2) is 11.6 Å². The molecular formula is C24H24ClF2N3O. The Kier molecular flexibility index (Phi) is 6.10. The highest BCUT2D eigenvalue weighted by Crippen LogP contribution is 2.32. The van der Waals surface area contributed by atoms with E-state index in [-0.39, 0.29) is 5.56 Å². The van der Waals surface area contributed by atoms with Crippen molar-refractivity contribution in [2.75, 3.05) is 18.0 Å². The smallest absolute Gasteiger partial charge is 0.258 e. The quantitative estimate of drug-likeness (QED) is 0.553. The first-order valence-electron chi connectivity index (χ1n) is 10.4. The zero-order chi connectivity index (χ0) is 22.1. The maximum absolute atomic E-state index is 13.5. The van der Waals surface area contributed by atoms with Crippen molar-refractivity contribution in [3.8, 4) is 5.69 Å². The predicted molar refractivity (Wildman–Crippen MR) is 119 cm³/mol. The highest BCUT2D eigenvalue weighted by molar-refractivity contribution is 6.33. The molecule has 0 unspecified atom stereocenters. The molecule has 0 amide bonds. The molecule has 1 aliphatic rings. The molecule has 0 bridgehead atoms.